The number of methoxy groups -OCH3 is 1. The largest absolute Gasteiger partial charge is 0.497 e. The molecule has 0 bridgehead atoms. The highest BCUT2D eigenvalue weighted by molar-refractivity contribution is 6.00. The van der Waals surface area contributed by atoms with Gasteiger partial charge >= 0.3 is 0 Å². The number of carbonyl (C=O) groups excluding carboxylic acids is 2. The number of benzene rings is 1. The van der Waals surface area contributed by atoms with Gasteiger partial charge in [0.1, 0.15) is 5.75 Å². The Kier molecular flexibility index (Phi) is 4.37. The molecule has 1 rings (SSSR count). The van der Waals surface area contributed by atoms with Crippen molar-refractivity contribution in [1.29, 1.82) is 0 Å². The Morgan fingerprint density at radius 1 is 1.37 bits per heavy atom. The molecule has 0 saturated carbocycles. The third-order valence-electron chi connectivity index (χ3n) is 2.57. The summed E-state index contributed by atoms with van der Waals surface area (Å²) in [5, 5.41) is 2.72. The Morgan fingerprint density at radius 3 is 2.47 bits per heavy atom. The van der Waals surface area contributed by atoms with E-state index in [-0.39, 0.29) is 12.3 Å². The van der Waals surface area contributed by atoms with Crippen LogP contribution in [-0.2, 0) is 4.79 Å². The second-order valence-corrected chi connectivity index (χ2v) is 4.93. The van der Waals surface area contributed by atoms with Crippen LogP contribution in [0.4, 0.5) is 5.69 Å². The van der Waals surface area contributed by atoms with E-state index in [1.54, 1.807) is 32.0 Å². The maximum absolute atomic E-state index is 12.1. The zero-order valence-corrected chi connectivity index (χ0v) is 11.3. The number of nitrogen functional groups attached to an aromatic ring is 1. The number of primary amides is 1. The second kappa shape index (κ2) is 5.60. The lowest BCUT2D eigenvalue weighted by atomic mass is 9.99. The standard InChI is InChI=1S/C13H19N3O3/c1-13(2,7-11(15)17)16-12(18)9-5-4-8(19-3)6-10(9)14/h4-6H,7,14H2,1-3H3,(H2,15,17)(H,16,18). The van der Waals surface area contributed by atoms with Gasteiger partial charge in [-0.3, -0.25) is 9.59 Å². The molecule has 0 aliphatic rings. The van der Waals surface area contributed by atoms with Gasteiger partial charge < -0.3 is 21.5 Å². The van der Waals surface area contributed by atoms with E-state index in [1.165, 1.54) is 7.11 Å². The zero-order chi connectivity index (χ0) is 14.6. The van der Waals surface area contributed by atoms with Gasteiger partial charge in [0.15, 0.2) is 0 Å². The molecule has 2 amide bonds. The average molecular weight is 265 g/mol. The monoisotopic (exact) mass is 265 g/mol. The van der Waals surface area contributed by atoms with Crippen LogP contribution >= 0.6 is 0 Å². The Hall–Kier alpha value is -2.24. The molecule has 0 aliphatic heterocycles. The van der Waals surface area contributed by atoms with E-state index in [2.05, 4.69) is 5.32 Å². The molecule has 0 spiro atoms. The van der Waals surface area contributed by atoms with Gasteiger partial charge in [-0.1, -0.05) is 0 Å². The summed E-state index contributed by atoms with van der Waals surface area (Å²) in [6, 6.07) is 4.78. The van der Waals surface area contributed by atoms with Crippen molar-refractivity contribution in [3.05, 3.63) is 23.8 Å². The van der Waals surface area contributed by atoms with Crippen molar-refractivity contribution >= 4 is 17.5 Å². The summed E-state index contributed by atoms with van der Waals surface area (Å²) in [6.45, 7) is 3.44. The third-order valence-corrected chi connectivity index (χ3v) is 2.57. The molecule has 1 aromatic carbocycles. The van der Waals surface area contributed by atoms with Crippen LogP contribution in [0.25, 0.3) is 0 Å². The van der Waals surface area contributed by atoms with Gasteiger partial charge in [0, 0.05) is 23.7 Å². The molecule has 1 aromatic rings. The normalized spacial score (nSPS) is 10.9. The van der Waals surface area contributed by atoms with E-state index in [0.717, 1.165) is 0 Å². The molecular formula is C13H19N3O3. The lowest BCUT2D eigenvalue weighted by molar-refractivity contribution is -0.119. The predicted molar refractivity (Wildman–Crippen MR) is 72.8 cm³/mol. The smallest absolute Gasteiger partial charge is 0.253 e. The fraction of sp³-hybridized carbons (Fsp3) is 0.385. The fourth-order valence-corrected chi connectivity index (χ4v) is 1.73. The number of rotatable bonds is 5. The Labute approximate surface area is 112 Å². The number of ether oxygens (including phenoxy) is 1. The summed E-state index contributed by atoms with van der Waals surface area (Å²) >= 11 is 0. The minimum absolute atomic E-state index is 0.0504. The van der Waals surface area contributed by atoms with Gasteiger partial charge in [-0.25, -0.2) is 0 Å². The van der Waals surface area contributed by atoms with Crippen LogP contribution in [0, 0.1) is 0 Å². The van der Waals surface area contributed by atoms with Gasteiger partial charge in [-0.15, -0.1) is 0 Å². The number of carbonyl (C=O) groups is 2. The maximum Gasteiger partial charge on any atom is 0.253 e. The molecule has 5 N–H and O–H groups in total. The van der Waals surface area contributed by atoms with Gasteiger partial charge in [0.25, 0.3) is 5.91 Å². The van der Waals surface area contributed by atoms with Crippen molar-refractivity contribution in [3.8, 4) is 5.75 Å². The lowest BCUT2D eigenvalue weighted by Gasteiger charge is -2.25. The van der Waals surface area contributed by atoms with E-state index >= 15 is 0 Å². The van der Waals surface area contributed by atoms with E-state index in [9.17, 15) is 9.59 Å². The molecular weight excluding hydrogens is 246 g/mol. The van der Waals surface area contributed by atoms with Crippen LogP contribution in [0.3, 0.4) is 0 Å². The summed E-state index contributed by atoms with van der Waals surface area (Å²) in [4.78, 5) is 23.0. The first-order valence-electron chi connectivity index (χ1n) is 5.79. The number of nitrogens with one attached hydrogen (secondary N) is 1. The highest BCUT2D eigenvalue weighted by atomic mass is 16.5. The summed E-state index contributed by atoms with van der Waals surface area (Å²) in [6.07, 6.45) is 0.0504. The van der Waals surface area contributed by atoms with Crippen molar-refractivity contribution in [2.24, 2.45) is 5.73 Å². The molecule has 6 nitrogen and oxygen atoms in total. The summed E-state index contributed by atoms with van der Waals surface area (Å²) < 4.78 is 5.01. The van der Waals surface area contributed by atoms with E-state index in [0.29, 0.717) is 17.0 Å². The number of amides is 2. The SMILES string of the molecule is COc1ccc(C(=O)NC(C)(C)CC(N)=O)c(N)c1. The minimum atomic E-state index is -0.727. The molecule has 0 saturated heterocycles. The minimum Gasteiger partial charge on any atom is -0.497 e. The second-order valence-electron chi connectivity index (χ2n) is 4.93. The predicted octanol–water partition coefficient (Wildman–Crippen LogP) is 0.661. The number of hydrogen-bond acceptors (Lipinski definition) is 4. The molecule has 0 aromatic heterocycles. The molecule has 19 heavy (non-hydrogen) atoms. The lowest BCUT2D eigenvalue weighted by Crippen LogP contribution is -2.46. The first-order chi connectivity index (χ1) is 8.75. The average Bonchev–Trinajstić information content (AvgIpc) is 2.25. The Balaban J connectivity index is 2.86. The van der Waals surface area contributed by atoms with E-state index in [4.69, 9.17) is 16.2 Å². The van der Waals surface area contributed by atoms with Crippen molar-refractivity contribution in [2.45, 2.75) is 25.8 Å². The summed E-state index contributed by atoms with van der Waals surface area (Å²) in [7, 11) is 1.52. The van der Waals surface area contributed by atoms with Crippen molar-refractivity contribution in [1.82, 2.24) is 5.32 Å². The van der Waals surface area contributed by atoms with Crippen molar-refractivity contribution in [3.63, 3.8) is 0 Å². The zero-order valence-electron chi connectivity index (χ0n) is 11.3. The highest BCUT2D eigenvalue weighted by Crippen LogP contribution is 2.20. The van der Waals surface area contributed by atoms with Crippen LogP contribution in [0.15, 0.2) is 18.2 Å². The first kappa shape index (κ1) is 14.8. The molecule has 104 valence electrons. The molecule has 0 aliphatic carbocycles. The molecule has 0 atom stereocenters. The summed E-state index contributed by atoms with van der Waals surface area (Å²) in [5.41, 5.74) is 10.8. The fourth-order valence-electron chi connectivity index (χ4n) is 1.73. The van der Waals surface area contributed by atoms with Crippen LogP contribution in [0.1, 0.15) is 30.6 Å². The maximum atomic E-state index is 12.1. The topological polar surface area (TPSA) is 107 Å². The quantitative estimate of drug-likeness (QED) is 0.680. The number of anilines is 1. The van der Waals surface area contributed by atoms with Crippen LogP contribution in [0.2, 0.25) is 0 Å². The Morgan fingerprint density at radius 2 is 2.00 bits per heavy atom. The van der Waals surface area contributed by atoms with E-state index in [1.807, 2.05) is 0 Å². The Bertz CT molecular complexity index is 498. The molecule has 0 heterocycles. The van der Waals surface area contributed by atoms with Crippen molar-refractivity contribution < 1.29 is 14.3 Å². The van der Waals surface area contributed by atoms with Crippen molar-refractivity contribution in [2.75, 3.05) is 12.8 Å². The van der Waals surface area contributed by atoms with Crippen LogP contribution in [-0.4, -0.2) is 24.5 Å². The molecule has 0 radical (unpaired) electrons. The first-order valence-corrected chi connectivity index (χ1v) is 5.79. The third kappa shape index (κ3) is 4.17. The highest BCUT2D eigenvalue weighted by Gasteiger charge is 2.24. The van der Waals surface area contributed by atoms with Crippen LogP contribution < -0.4 is 21.5 Å². The number of nitrogens with two attached hydrogens (primary N) is 2. The van der Waals surface area contributed by atoms with Gasteiger partial charge in [0.05, 0.1) is 12.7 Å². The van der Waals surface area contributed by atoms with Gasteiger partial charge in [-0.2, -0.15) is 0 Å². The molecule has 6 heteroatoms. The summed E-state index contributed by atoms with van der Waals surface area (Å²) in [5.74, 6) is -0.259. The van der Waals surface area contributed by atoms with Gasteiger partial charge in [0.2, 0.25) is 5.91 Å². The molecule has 0 unspecified atom stereocenters. The van der Waals surface area contributed by atoms with E-state index < -0.39 is 11.4 Å². The molecule has 0 fully saturated rings. The number of hydrogen-bond donors (Lipinski definition) is 3. The van der Waals surface area contributed by atoms with Crippen LogP contribution in [0.5, 0.6) is 5.75 Å². The van der Waals surface area contributed by atoms with Gasteiger partial charge in [-0.05, 0) is 26.0 Å².